The molecule has 0 atom stereocenters. The maximum absolute atomic E-state index is 6.32. The fourth-order valence-electron chi connectivity index (χ4n) is 3.52. The number of nitrogens with one attached hydrogen (secondary N) is 1. The highest BCUT2D eigenvalue weighted by Gasteiger charge is 2.24. The van der Waals surface area contributed by atoms with Crippen LogP contribution in [-0.2, 0) is 6.42 Å². The van der Waals surface area contributed by atoms with Crippen molar-refractivity contribution in [3.05, 3.63) is 63.7 Å². The molecule has 3 aromatic rings. The van der Waals surface area contributed by atoms with E-state index >= 15 is 0 Å². The summed E-state index contributed by atoms with van der Waals surface area (Å²) in [5.74, 6) is 1.09. The number of benzene rings is 2. The summed E-state index contributed by atoms with van der Waals surface area (Å²) in [4.78, 5) is 0. The van der Waals surface area contributed by atoms with E-state index in [1.54, 1.807) is 0 Å². The van der Waals surface area contributed by atoms with Gasteiger partial charge >= 0.3 is 0 Å². The number of hydrogen-bond acceptors (Lipinski definition) is 2. The van der Waals surface area contributed by atoms with Gasteiger partial charge in [-0.05, 0) is 57.0 Å². The van der Waals surface area contributed by atoms with Crippen molar-refractivity contribution in [3.8, 4) is 16.9 Å². The van der Waals surface area contributed by atoms with Crippen LogP contribution in [0.1, 0.15) is 22.3 Å². The summed E-state index contributed by atoms with van der Waals surface area (Å²) in [7, 11) is 0. The lowest BCUT2D eigenvalue weighted by molar-refractivity contribution is 0.875. The van der Waals surface area contributed by atoms with Crippen molar-refractivity contribution in [3.63, 3.8) is 0 Å². The number of nitrogens with zero attached hydrogens (tertiary/aromatic N) is 2. The van der Waals surface area contributed by atoms with Crippen molar-refractivity contribution >= 4 is 17.4 Å². The molecule has 0 saturated carbocycles. The zero-order valence-corrected chi connectivity index (χ0v) is 14.9. The van der Waals surface area contributed by atoms with Gasteiger partial charge in [0.05, 0.1) is 11.4 Å². The summed E-state index contributed by atoms with van der Waals surface area (Å²) in [6.45, 7) is 7.25. The van der Waals surface area contributed by atoms with Gasteiger partial charge in [0.15, 0.2) is 0 Å². The minimum atomic E-state index is 0.766. The van der Waals surface area contributed by atoms with Crippen molar-refractivity contribution in [1.29, 1.82) is 0 Å². The molecule has 0 saturated heterocycles. The number of hydrogen-bond donors (Lipinski definition) is 1. The first-order valence-electron chi connectivity index (χ1n) is 8.24. The Balaban J connectivity index is 1.94. The van der Waals surface area contributed by atoms with Crippen LogP contribution in [0.4, 0.5) is 5.82 Å². The summed E-state index contributed by atoms with van der Waals surface area (Å²) < 4.78 is 2.01. The van der Waals surface area contributed by atoms with Gasteiger partial charge < -0.3 is 5.32 Å². The number of rotatable bonds is 2. The van der Waals surface area contributed by atoms with E-state index in [0.29, 0.717) is 0 Å². The minimum absolute atomic E-state index is 0.766. The van der Waals surface area contributed by atoms with Crippen molar-refractivity contribution in [2.75, 3.05) is 11.9 Å². The zero-order valence-electron chi connectivity index (χ0n) is 14.2. The van der Waals surface area contributed by atoms with Gasteiger partial charge in [-0.25, -0.2) is 4.68 Å². The zero-order chi connectivity index (χ0) is 16.8. The average Bonchev–Trinajstić information content (AvgIpc) is 3.11. The highest BCUT2D eigenvalue weighted by molar-refractivity contribution is 6.31. The average molecular weight is 338 g/mol. The van der Waals surface area contributed by atoms with E-state index in [-0.39, 0.29) is 0 Å². The third-order valence-corrected chi connectivity index (χ3v) is 5.02. The monoisotopic (exact) mass is 337 g/mol. The van der Waals surface area contributed by atoms with Crippen LogP contribution in [0.15, 0.2) is 36.4 Å². The van der Waals surface area contributed by atoms with Crippen LogP contribution in [0.3, 0.4) is 0 Å². The fraction of sp³-hybridized carbons (Fsp3) is 0.250. The maximum Gasteiger partial charge on any atom is 0.133 e. The van der Waals surface area contributed by atoms with E-state index in [1.807, 2.05) is 23.7 Å². The summed E-state index contributed by atoms with van der Waals surface area (Å²) in [6.07, 6.45) is 0.997. The van der Waals surface area contributed by atoms with Crippen LogP contribution < -0.4 is 5.32 Å². The van der Waals surface area contributed by atoms with E-state index in [0.717, 1.165) is 40.8 Å². The summed E-state index contributed by atoms with van der Waals surface area (Å²) >= 11 is 6.32. The number of anilines is 1. The van der Waals surface area contributed by atoms with Gasteiger partial charge in [-0.15, -0.1) is 0 Å². The Hall–Kier alpha value is -2.26. The first kappa shape index (κ1) is 15.3. The molecular weight excluding hydrogens is 318 g/mol. The predicted octanol–water partition coefficient (Wildman–Crippen LogP) is 5.09. The fourth-order valence-corrected chi connectivity index (χ4v) is 3.69. The molecule has 1 aliphatic heterocycles. The van der Waals surface area contributed by atoms with E-state index in [1.165, 1.54) is 22.3 Å². The van der Waals surface area contributed by atoms with E-state index in [4.69, 9.17) is 16.7 Å². The Labute approximate surface area is 147 Å². The largest absolute Gasteiger partial charge is 0.369 e. The van der Waals surface area contributed by atoms with E-state index in [2.05, 4.69) is 43.4 Å². The Bertz CT molecular complexity index is 920. The molecule has 1 aromatic heterocycles. The first-order chi connectivity index (χ1) is 11.5. The third-order valence-electron chi connectivity index (χ3n) is 4.61. The molecule has 1 N–H and O–H groups in total. The number of aryl methyl sites for hydroxylation is 2. The molecular formula is C20H20ClN3. The van der Waals surface area contributed by atoms with Crippen molar-refractivity contribution < 1.29 is 0 Å². The highest BCUT2D eigenvalue weighted by Crippen LogP contribution is 2.36. The second kappa shape index (κ2) is 5.67. The Kier molecular flexibility index (Phi) is 3.61. The lowest BCUT2D eigenvalue weighted by Crippen LogP contribution is -2.05. The van der Waals surface area contributed by atoms with Gasteiger partial charge in [0.25, 0.3) is 0 Å². The van der Waals surface area contributed by atoms with Gasteiger partial charge in [0, 0.05) is 22.7 Å². The molecule has 2 aromatic carbocycles. The van der Waals surface area contributed by atoms with Crippen molar-refractivity contribution in [1.82, 2.24) is 9.78 Å². The number of aromatic nitrogens is 2. The third kappa shape index (κ3) is 2.40. The van der Waals surface area contributed by atoms with Crippen molar-refractivity contribution in [2.45, 2.75) is 27.2 Å². The van der Waals surface area contributed by atoms with Crippen LogP contribution in [0.2, 0.25) is 5.02 Å². The Morgan fingerprint density at radius 1 is 1.08 bits per heavy atom. The Morgan fingerprint density at radius 2 is 1.83 bits per heavy atom. The summed E-state index contributed by atoms with van der Waals surface area (Å²) in [5.41, 5.74) is 8.15. The van der Waals surface area contributed by atoms with Crippen LogP contribution in [0.5, 0.6) is 0 Å². The molecule has 0 unspecified atom stereocenters. The number of halogens is 1. The standard InChI is InChI=1S/C20H20ClN3/c1-12-9-13(2)11-15(10-12)19-16-7-8-22-20(16)24(23-19)18-6-4-5-17(21)14(18)3/h4-6,9-11,22H,7-8H2,1-3H3. The second-order valence-electron chi connectivity index (χ2n) is 6.52. The second-order valence-corrected chi connectivity index (χ2v) is 6.93. The molecule has 3 nitrogen and oxygen atoms in total. The van der Waals surface area contributed by atoms with Gasteiger partial charge in [-0.3, -0.25) is 0 Å². The molecule has 1 aliphatic rings. The molecule has 0 spiro atoms. The molecule has 0 bridgehead atoms. The molecule has 24 heavy (non-hydrogen) atoms. The van der Waals surface area contributed by atoms with E-state index in [9.17, 15) is 0 Å². The van der Waals surface area contributed by atoms with Crippen LogP contribution in [0.25, 0.3) is 16.9 Å². The minimum Gasteiger partial charge on any atom is -0.369 e. The van der Waals surface area contributed by atoms with Gasteiger partial charge in [0.1, 0.15) is 5.82 Å². The first-order valence-corrected chi connectivity index (χ1v) is 8.62. The lowest BCUT2D eigenvalue weighted by atomic mass is 10.0. The molecule has 0 fully saturated rings. The maximum atomic E-state index is 6.32. The van der Waals surface area contributed by atoms with Gasteiger partial charge in [-0.1, -0.05) is 34.9 Å². The van der Waals surface area contributed by atoms with Crippen LogP contribution >= 0.6 is 11.6 Å². The topological polar surface area (TPSA) is 29.9 Å². The summed E-state index contributed by atoms with van der Waals surface area (Å²) in [6, 6.07) is 12.6. The molecule has 4 heteroatoms. The normalized spacial score (nSPS) is 13.0. The predicted molar refractivity (Wildman–Crippen MR) is 100 cm³/mol. The molecule has 0 amide bonds. The quantitative estimate of drug-likeness (QED) is 0.706. The van der Waals surface area contributed by atoms with Crippen LogP contribution in [0, 0.1) is 20.8 Å². The van der Waals surface area contributed by atoms with Crippen LogP contribution in [-0.4, -0.2) is 16.3 Å². The highest BCUT2D eigenvalue weighted by atomic mass is 35.5. The summed E-state index contributed by atoms with van der Waals surface area (Å²) in [5, 5.41) is 9.21. The Morgan fingerprint density at radius 3 is 2.58 bits per heavy atom. The SMILES string of the molecule is Cc1cc(C)cc(-c2nn(-c3cccc(Cl)c3C)c3c2CCN3)c1. The number of fused-ring (bicyclic) bond motifs is 1. The molecule has 0 radical (unpaired) electrons. The molecule has 4 rings (SSSR count). The van der Waals surface area contributed by atoms with Crippen molar-refractivity contribution in [2.24, 2.45) is 0 Å². The van der Waals surface area contributed by atoms with E-state index < -0.39 is 0 Å². The van der Waals surface area contributed by atoms with Gasteiger partial charge in [-0.2, -0.15) is 5.10 Å². The van der Waals surface area contributed by atoms with Gasteiger partial charge in [0.2, 0.25) is 0 Å². The lowest BCUT2D eigenvalue weighted by Gasteiger charge is -2.10. The molecule has 122 valence electrons. The molecule has 0 aliphatic carbocycles. The molecule has 2 heterocycles. The smallest absolute Gasteiger partial charge is 0.133 e.